The number of anilines is 1. The summed E-state index contributed by atoms with van der Waals surface area (Å²) in [6.45, 7) is 3.84. The second-order valence-electron chi connectivity index (χ2n) is 4.17. The summed E-state index contributed by atoms with van der Waals surface area (Å²) in [5.74, 6) is -0.426. The van der Waals surface area contributed by atoms with Crippen molar-refractivity contribution in [1.82, 2.24) is 14.8 Å². The Balaban J connectivity index is 2.26. The van der Waals surface area contributed by atoms with Gasteiger partial charge >= 0.3 is 5.69 Å². The molecule has 0 atom stereocenters. The molecule has 0 aliphatic rings. The molecule has 2 rings (SSSR count). The number of hydrogen-bond donors (Lipinski definition) is 2. The normalized spacial score (nSPS) is 10.4. The lowest BCUT2D eigenvalue weighted by atomic mass is 10.1. The Hall–Kier alpha value is -2.37. The molecule has 0 unspecified atom stereocenters. The first-order valence-corrected chi connectivity index (χ1v) is 5.49. The molecule has 0 saturated carbocycles. The van der Waals surface area contributed by atoms with E-state index in [0.717, 1.165) is 15.8 Å². The number of nitrogens with zero attached hydrogens (tertiary/aromatic N) is 2. The second-order valence-corrected chi connectivity index (χ2v) is 4.17. The van der Waals surface area contributed by atoms with Crippen LogP contribution in [0.2, 0.25) is 0 Å². The van der Waals surface area contributed by atoms with Gasteiger partial charge in [-0.1, -0.05) is 12.1 Å². The van der Waals surface area contributed by atoms with E-state index >= 15 is 0 Å². The van der Waals surface area contributed by atoms with Gasteiger partial charge in [-0.15, -0.1) is 5.10 Å². The van der Waals surface area contributed by atoms with Gasteiger partial charge in [-0.05, 0) is 31.0 Å². The van der Waals surface area contributed by atoms with Crippen LogP contribution in [-0.2, 0) is 7.05 Å². The van der Waals surface area contributed by atoms with Gasteiger partial charge in [-0.2, -0.15) is 0 Å². The fraction of sp³-hybridized carbons (Fsp3) is 0.250. The van der Waals surface area contributed by atoms with E-state index in [1.807, 2.05) is 32.0 Å². The number of aromatic amines is 1. The zero-order chi connectivity index (χ0) is 13.3. The van der Waals surface area contributed by atoms with Gasteiger partial charge in [0, 0.05) is 12.7 Å². The average molecular weight is 246 g/mol. The molecule has 1 heterocycles. The van der Waals surface area contributed by atoms with Crippen molar-refractivity contribution in [2.24, 2.45) is 7.05 Å². The van der Waals surface area contributed by atoms with E-state index < -0.39 is 11.6 Å². The van der Waals surface area contributed by atoms with E-state index in [4.69, 9.17) is 0 Å². The summed E-state index contributed by atoms with van der Waals surface area (Å²) in [7, 11) is 1.48. The molecule has 1 amide bonds. The third kappa shape index (κ3) is 2.32. The van der Waals surface area contributed by atoms with Crippen LogP contribution in [0, 0.1) is 13.8 Å². The van der Waals surface area contributed by atoms with Crippen LogP contribution in [-0.4, -0.2) is 20.7 Å². The van der Waals surface area contributed by atoms with Crippen molar-refractivity contribution < 1.29 is 4.79 Å². The first-order chi connectivity index (χ1) is 8.47. The van der Waals surface area contributed by atoms with Gasteiger partial charge in [0.1, 0.15) is 0 Å². The molecular formula is C12H14N4O2. The molecule has 2 N–H and O–H groups in total. The lowest BCUT2D eigenvalue weighted by molar-refractivity contribution is 0.101. The highest BCUT2D eigenvalue weighted by atomic mass is 16.2. The fourth-order valence-corrected chi connectivity index (χ4v) is 1.56. The predicted octanol–water partition coefficient (Wildman–Crippen LogP) is 0.978. The number of aromatic nitrogens is 3. The van der Waals surface area contributed by atoms with Crippen LogP contribution >= 0.6 is 0 Å². The van der Waals surface area contributed by atoms with Crippen molar-refractivity contribution >= 4 is 11.6 Å². The molecule has 0 aliphatic carbocycles. The number of hydrogen-bond acceptors (Lipinski definition) is 3. The topological polar surface area (TPSA) is 79.8 Å². The first-order valence-electron chi connectivity index (χ1n) is 5.49. The zero-order valence-corrected chi connectivity index (χ0v) is 10.4. The third-order valence-corrected chi connectivity index (χ3v) is 2.63. The van der Waals surface area contributed by atoms with Crippen molar-refractivity contribution in [2.45, 2.75) is 13.8 Å². The van der Waals surface area contributed by atoms with Crippen LogP contribution in [0.1, 0.15) is 21.7 Å². The molecule has 1 aromatic carbocycles. The minimum Gasteiger partial charge on any atom is -0.319 e. The van der Waals surface area contributed by atoms with Gasteiger partial charge in [-0.25, -0.2) is 9.48 Å². The molecule has 0 fully saturated rings. The molecule has 1 aromatic heterocycles. The predicted molar refractivity (Wildman–Crippen MR) is 67.7 cm³/mol. The summed E-state index contributed by atoms with van der Waals surface area (Å²) >= 11 is 0. The molecule has 0 spiro atoms. The molecule has 0 radical (unpaired) electrons. The average Bonchev–Trinajstić information content (AvgIpc) is 2.64. The summed E-state index contributed by atoms with van der Waals surface area (Å²) in [5, 5.41) is 6.52. The molecule has 18 heavy (non-hydrogen) atoms. The lowest BCUT2D eigenvalue weighted by Gasteiger charge is -2.07. The summed E-state index contributed by atoms with van der Waals surface area (Å²) < 4.78 is 1.08. The van der Waals surface area contributed by atoms with Crippen LogP contribution in [0.5, 0.6) is 0 Å². The Morgan fingerprint density at radius 2 is 2.11 bits per heavy atom. The molecule has 6 heteroatoms. The second kappa shape index (κ2) is 4.48. The van der Waals surface area contributed by atoms with E-state index in [1.165, 1.54) is 7.05 Å². The number of benzene rings is 1. The highest BCUT2D eigenvalue weighted by Gasteiger charge is 2.12. The Morgan fingerprint density at radius 1 is 1.39 bits per heavy atom. The third-order valence-electron chi connectivity index (χ3n) is 2.63. The minimum absolute atomic E-state index is 0.00315. The van der Waals surface area contributed by atoms with E-state index in [9.17, 15) is 9.59 Å². The summed E-state index contributed by atoms with van der Waals surface area (Å²) in [6, 6.07) is 5.76. The number of carbonyl (C=O) groups excluding carboxylic acids is 1. The maximum absolute atomic E-state index is 11.9. The van der Waals surface area contributed by atoms with Crippen LogP contribution in [0.15, 0.2) is 23.0 Å². The lowest BCUT2D eigenvalue weighted by Crippen LogP contribution is -2.15. The molecular weight excluding hydrogens is 232 g/mol. The molecule has 0 bridgehead atoms. The monoisotopic (exact) mass is 246 g/mol. The fourth-order valence-electron chi connectivity index (χ4n) is 1.56. The van der Waals surface area contributed by atoms with Crippen molar-refractivity contribution in [2.75, 3.05) is 5.32 Å². The van der Waals surface area contributed by atoms with Gasteiger partial charge in [0.2, 0.25) is 5.82 Å². The first kappa shape index (κ1) is 12.1. The summed E-state index contributed by atoms with van der Waals surface area (Å²) in [4.78, 5) is 25.5. The van der Waals surface area contributed by atoms with E-state index in [2.05, 4.69) is 15.4 Å². The quantitative estimate of drug-likeness (QED) is 0.828. The number of aryl methyl sites for hydroxylation is 3. The van der Waals surface area contributed by atoms with E-state index in [1.54, 1.807) is 0 Å². The molecule has 0 aliphatic heterocycles. The molecule has 0 saturated heterocycles. The Morgan fingerprint density at radius 3 is 2.72 bits per heavy atom. The Kier molecular flexibility index (Phi) is 3.01. The molecule has 2 aromatic rings. The van der Waals surface area contributed by atoms with Gasteiger partial charge in [-0.3, -0.25) is 9.78 Å². The van der Waals surface area contributed by atoms with Gasteiger partial charge in [0.25, 0.3) is 5.91 Å². The van der Waals surface area contributed by atoms with Crippen molar-refractivity contribution in [3.63, 3.8) is 0 Å². The van der Waals surface area contributed by atoms with Crippen LogP contribution in [0.3, 0.4) is 0 Å². The van der Waals surface area contributed by atoms with Gasteiger partial charge in [0.15, 0.2) is 0 Å². The SMILES string of the molecule is Cc1ccc(C)c(NC(=O)c2nn(C)c(=O)[nH]2)c1. The number of H-pyrrole nitrogens is 1. The van der Waals surface area contributed by atoms with Crippen LogP contribution in [0.25, 0.3) is 0 Å². The van der Waals surface area contributed by atoms with E-state index in [0.29, 0.717) is 5.69 Å². The highest BCUT2D eigenvalue weighted by molar-refractivity contribution is 6.01. The van der Waals surface area contributed by atoms with Crippen molar-refractivity contribution in [3.8, 4) is 0 Å². The Bertz CT molecular complexity index is 654. The molecule has 6 nitrogen and oxygen atoms in total. The van der Waals surface area contributed by atoms with Crippen LogP contribution < -0.4 is 11.0 Å². The summed E-state index contributed by atoms with van der Waals surface area (Å²) in [5.41, 5.74) is 2.30. The number of carbonyl (C=O) groups is 1. The number of amides is 1. The standard InChI is InChI=1S/C12H14N4O2/c1-7-4-5-8(2)9(6-7)13-11(17)10-14-12(18)16(3)15-10/h4-6H,1-3H3,(H,13,17)(H,14,15,18). The largest absolute Gasteiger partial charge is 0.343 e. The minimum atomic E-state index is -0.429. The maximum Gasteiger partial charge on any atom is 0.343 e. The van der Waals surface area contributed by atoms with Crippen molar-refractivity contribution in [3.05, 3.63) is 45.6 Å². The zero-order valence-electron chi connectivity index (χ0n) is 10.4. The van der Waals surface area contributed by atoms with Gasteiger partial charge < -0.3 is 5.32 Å². The smallest absolute Gasteiger partial charge is 0.319 e. The maximum atomic E-state index is 11.9. The van der Waals surface area contributed by atoms with Crippen molar-refractivity contribution in [1.29, 1.82) is 0 Å². The highest BCUT2D eigenvalue weighted by Crippen LogP contribution is 2.16. The Labute approximate surface area is 104 Å². The van der Waals surface area contributed by atoms with Crippen LogP contribution in [0.4, 0.5) is 5.69 Å². The number of nitrogens with one attached hydrogen (secondary N) is 2. The number of rotatable bonds is 2. The molecule has 94 valence electrons. The summed E-state index contributed by atoms with van der Waals surface area (Å²) in [6.07, 6.45) is 0. The van der Waals surface area contributed by atoms with Gasteiger partial charge in [0.05, 0.1) is 0 Å². The van der Waals surface area contributed by atoms with E-state index in [-0.39, 0.29) is 5.82 Å².